The summed E-state index contributed by atoms with van der Waals surface area (Å²) in [5.74, 6) is 0.658. The molecule has 186 valence electrons. The molecule has 0 aliphatic rings. The first-order valence-corrected chi connectivity index (χ1v) is 11.9. The van der Waals surface area contributed by atoms with E-state index in [0.717, 1.165) is 22.6 Å². The van der Waals surface area contributed by atoms with Gasteiger partial charge in [0.2, 0.25) is 11.8 Å². The average molecular weight is 478 g/mol. The van der Waals surface area contributed by atoms with Gasteiger partial charge >= 0.3 is 0 Å². The Kier molecular flexibility index (Phi) is 9.93. The second-order valence-corrected chi connectivity index (χ2v) is 8.38. The fourth-order valence-electron chi connectivity index (χ4n) is 3.93. The molecular formula is C28H35N3O4. The van der Waals surface area contributed by atoms with Crippen LogP contribution in [-0.4, -0.2) is 60.1 Å². The summed E-state index contributed by atoms with van der Waals surface area (Å²) in [6, 6.07) is 21.9. The van der Waals surface area contributed by atoms with Gasteiger partial charge in [-0.15, -0.1) is 0 Å². The lowest BCUT2D eigenvalue weighted by atomic mass is 10.2. The van der Waals surface area contributed by atoms with E-state index < -0.39 is 0 Å². The quantitative estimate of drug-likeness (QED) is 0.374. The van der Waals surface area contributed by atoms with Crippen LogP contribution >= 0.6 is 0 Å². The minimum absolute atomic E-state index is 0.0272. The Hall–Kier alpha value is -3.58. The molecule has 1 heterocycles. The molecule has 0 saturated heterocycles. The summed E-state index contributed by atoms with van der Waals surface area (Å²) in [6.07, 6.45) is 2.37. The lowest BCUT2D eigenvalue weighted by molar-refractivity contribution is -0.141. The van der Waals surface area contributed by atoms with Crippen LogP contribution in [0, 0.1) is 0 Å². The van der Waals surface area contributed by atoms with Crippen LogP contribution in [0.15, 0.2) is 72.9 Å². The molecule has 0 aliphatic heterocycles. The fourth-order valence-corrected chi connectivity index (χ4v) is 3.93. The van der Waals surface area contributed by atoms with Gasteiger partial charge in [0.05, 0.1) is 26.8 Å². The number of benzene rings is 2. The van der Waals surface area contributed by atoms with Crippen molar-refractivity contribution < 1.29 is 19.1 Å². The molecule has 3 rings (SSSR count). The van der Waals surface area contributed by atoms with Crippen molar-refractivity contribution in [2.45, 2.75) is 33.0 Å². The maximum absolute atomic E-state index is 13.5. The van der Waals surface area contributed by atoms with Crippen LogP contribution in [0.1, 0.15) is 30.2 Å². The molecule has 1 aromatic heterocycles. The van der Waals surface area contributed by atoms with Gasteiger partial charge < -0.3 is 23.8 Å². The molecule has 0 unspecified atom stereocenters. The molecule has 0 atom stereocenters. The normalized spacial score (nSPS) is 10.7. The van der Waals surface area contributed by atoms with Crippen molar-refractivity contribution in [3.05, 3.63) is 89.7 Å². The van der Waals surface area contributed by atoms with Crippen molar-refractivity contribution in [3.8, 4) is 5.75 Å². The highest BCUT2D eigenvalue weighted by atomic mass is 16.5. The second kappa shape index (κ2) is 13.3. The van der Waals surface area contributed by atoms with Crippen LogP contribution in [-0.2, 0) is 34.0 Å². The third-order valence-electron chi connectivity index (χ3n) is 5.88. The Balaban J connectivity index is 1.80. The molecule has 3 aromatic rings. The van der Waals surface area contributed by atoms with Gasteiger partial charge in [-0.05, 0) is 35.4 Å². The van der Waals surface area contributed by atoms with E-state index in [4.69, 9.17) is 9.47 Å². The molecule has 2 aromatic carbocycles. The SMILES string of the molecule is CCC(=O)N(CCOC)CC(=O)N(Cc1ccccc1)Cc1cccn1Cc1cccc(OC)c1. The topological polar surface area (TPSA) is 64.0 Å². The van der Waals surface area contributed by atoms with Crippen LogP contribution in [0.2, 0.25) is 0 Å². The number of aromatic nitrogens is 1. The van der Waals surface area contributed by atoms with Gasteiger partial charge in [-0.25, -0.2) is 0 Å². The highest BCUT2D eigenvalue weighted by molar-refractivity contribution is 5.84. The summed E-state index contributed by atoms with van der Waals surface area (Å²) in [7, 11) is 3.25. The zero-order valence-electron chi connectivity index (χ0n) is 20.9. The number of nitrogens with zero attached hydrogens (tertiary/aromatic N) is 3. The summed E-state index contributed by atoms with van der Waals surface area (Å²) in [6.45, 7) is 4.17. The first-order valence-electron chi connectivity index (χ1n) is 11.9. The monoisotopic (exact) mass is 477 g/mol. The van der Waals surface area contributed by atoms with E-state index in [1.54, 1.807) is 26.0 Å². The molecule has 0 radical (unpaired) electrons. The number of ether oxygens (including phenoxy) is 2. The molecule has 2 amide bonds. The van der Waals surface area contributed by atoms with E-state index in [1.807, 2.05) is 71.8 Å². The van der Waals surface area contributed by atoms with Crippen LogP contribution < -0.4 is 4.74 Å². The maximum Gasteiger partial charge on any atom is 0.242 e. The minimum atomic E-state index is -0.0964. The molecule has 0 saturated carbocycles. The highest BCUT2D eigenvalue weighted by Crippen LogP contribution is 2.17. The predicted octanol–water partition coefficient (Wildman–Crippen LogP) is 3.96. The molecule has 0 N–H and O–H groups in total. The Labute approximate surface area is 207 Å². The molecule has 35 heavy (non-hydrogen) atoms. The van der Waals surface area contributed by atoms with E-state index in [2.05, 4.69) is 10.6 Å². The predicted molar refractivity (Wildman–Crippen MR) is 136 cm³/mol. The largest absolute Gasteiger partial charge is 0.497 e. The number of carbonyl (C=O) groups is 2. The Bertz CT molecular complexity index is 1080. The maximum atomic E-state index is 13.5. The van der Waals surface area contributed by atoms with Gasteiger partial charge in [0.15, 0.2) is 0 Å². The number of rotatable bonds is 13. The molecular weight excluding hydrogens is 442 g/mol. The van der Waals surface area contributed by atoms with Gasteiger partial charge in [-0.3, -0.25) is 9.59 Å². The Morgan fingerprint density at radius 1 is 0.857 bits per heavy atom. The van der Waals surface area contributed by atoms with Crippen molar-refractivity contribution in [1.29, 1.82) is 0 Å². The summed E-state index contributed by atoms with van der Waals surface area (Å²) in [4.78, 5) is 29.3. The number of hydrogen-bond acceptors (Lipinski definition) is 4. The van der Waals surface area contributed by atoms with Crippen molar-refractivity contribution >= 4 is 11.8 Å². The lowest BCUT2D eigenvalue weighted by Crippen LogP contribution is -2.43. The van der Waals surface area contributed by atoms with E-state index in [1.165, 1.54) is 0 Å². The van der Waals surface area contributed by atoms with Crippen molar-refractivity contribution in [2.75, 3.05) is 33.9 Å². The van der Waals surface area contributed by atoms with Crippen molar-refractivity contribution in [1.82, 2.24) is 14.4 Å². The first kappa shape index (κ1) is 26.0. The van der Waals surface area contributed by atoms with E-state index in [-0.39, 0.29) is 18.4 Å². The highest BCUT2D eigenvalue weighted by Gasteiger charge is 2.22. The molecule has 0 bridgehead atoms. The third-order valence-corrected chi connectivity index (χ3v) is 5.88. The Morgan fingerprint density at radius 3 is 2.34 bits per heavy atom. The lowest BCUT2D eigenvalue weighted by Gasteiger charge is -2.28. The van der Waals surface area contributed by atoms with Crippen molar-refractivity contribution in [2.24, 2.45) is 0 Å². The summed E-state index contributed by atoms with van der Waals surface area (Å²) in [5, 5.41) is 0. The van der Waals surface area contributed by atoms with E-state index in [9.17, 15) is 9.59 Å². The van der Waals surface area contributed by atoms with Crippen molar-refractivity contribution in [3.63, 3.8) is 0 Å². The molecule has 7 heteroatoms. The van der Waals surface area contributed by atoms with Crippen LogP contribution in [0.3, 0.4) is 0 Å². The van der Waals surface area contributed by atoms with E-state index in [0.29, 0.717) is 39.2 Å². The molecule has 0 aliphatic carbocycles. The zero-order chi connectivity index (χ0) is 25.0. The number of amides is 2. The van der Waals surface area contributed by atoms with Crippen LogP contribution in [0.4, 0.5) is 0 Å². The van der Waals surface area contributed by atoms with Gasteiger partial charge in [-0.1, -0.05) is 49.4 Å². The summed E-state index contributed by atoms with van der Waals surface area (Å²) < 4.78 is 12.6. The number of carbonyl (C=O) groups excluding carboxylic acids is 2. The third kappa shape index (κ3) is 7.72. The van der Waals surface area contributed by atoms with Gasteiger partial charge in [-0.2, -0.15) is 0 Å². The molecule has 0 spiro atoms. The smallest absolute Gasteiger partial charge is 0.242 e. The zero-order valence-corrected chi connectivity index (χ0v) is 20.9. The minimum Gasteiger partial charge on any atom is -0.497 e. The fraction of sp³-hybridized carbons (Fsp3) is 0.357. The standard InChI is InChI=1S/C28H35N3O4/c1-4-27(32)30(16-17-34-2)22-28(33)31(19-23-10-6-5-7-11-23)21-25-13-9-15-29(25)20-24-12-8-14-26(18-24)35-3/h5-15,18H,4,16-17,19-22H2,1-3H3. The van der Waals surface area contributed by atoms with Crippen LogP contribution in [0.25, 0.3) is 0 Å². The number of methoxy groups -OCH3 is 2. The number of hydrogen-bond donors (Lipinski definition) is 0. The van der Waals surface area contributed by atoms with Gasteiger partial charge in [0, 0.05) is 45.1 Å². The van der Waals surface area contributed by atoms with Crippen LogP contribution in [0.5, 0.6) is 5.75 Å². The summed E-state index contributed by atoms with van der Waals surface area (Å²) in [5.41, 5.74) is 3.17. The average Bonchev–Trinajstić information content (AvgIpc) is 3.32. The summed E-state index contributed by atoms with van der Waals surface area (Å²) >= 11 is 0. The van der Waals surface area contributed by atoms with Gasteiger partial charge in [0.25, 0.3) is 0 Å². The molecule has 0 fully saturated rings. The molecule has 7 nitrogen and oxygen atoms in total. The first-order chi connectivity index (χ1) is 17.0. The van der Waals surface area contributed by atoms with E-state index >= 15 is 0 Å². The second-order valence-electron chi connectivity index (χ2n) is 8.38. The van der Waals surface area contributed by atoms with Gasteiger partial charge in [0.1, 0.15) is 5.75 Å². The Morgan fingerprint density at radius 2 is 1.63 bits per heavy atom.